The van der Waals surface area contributed by atoms with Crippen LogP contribution in [0.4, 0.5) is 11.5 Å². The lowest BCUT2D eigenvalue weighted by Gasteiger charge is -2.24. The minimum atomic E-state index is -0.989. The third-order valence-electron chi connectivity index (χ3n) is 5.09. The van der Waals surface area contributed by atoms with Gasteiger partial charge in [0.15, 0.2) is 0 Å². The van der Waals surface area contributed by atoms with Crippen molar-refractivity contribution in [2.75, 3.05) is 4.90 Å². The molecule has 8 nitrogen and oxygen atoms in total. The maximum absolute atomic E-state index is 13.0. The van der Waals surface area contributed by atoms with Gasteiger partial charge < -0.3 is 5.11 Å². The molecule has 0 saturated carbocycles. The van der Waals surface area contributed by atoms with Gasteiger partial charge in [-0.1, -0.05) is 35.9 Å². The molecule has 1 amide bonds. The summed E-state index contributed by atoms with van der Waals surface area (Å²) in [4.78, 5) is 41.8. The summed E-state index contributed by atoms with van der Waals surface area (Å²) in [5.74, 6) is -1.78. The normalized spacial score (nSPS) is 17.7. The number of amides is 1. The molecule has 0 aliphatic carbocycles. The molecule has 1 aliphatic heterocycles. The summed E-state index contributed by atoms with van der Waals surface area (Å²) in [5.41, 5.74) is 1.56. The number of ketones is 1. The molecule has 8 heteroatoms. The predicted octanol–water partition coefficient (Wildman–Crippen LogP) is 3.92. The van der Waals surface area contributed by atoms with E-state index < -0.39 is 22.7 Å². The van der Waals surface area contributed by atoms with Gasteiger partial charge in [-0.3, -0.25) is 24.6 Å². The number of pyridine rings is 1. The number of nitro benzene ring substituents is 1. The minimum Gasteiger partial charge on any atom is -0.507 e. The van der Waals surface area contributed by atoms with Crippen molar-refractivity contribution in [3.8, 4) is 0 Å². The van der Waals surface area contributed by atoms with Gasteiger partial charge >= 0.3 is 5.91 Å². The molecule has 3 aromatic rings. The number of anilines is 1. The first-order valence-corrected chi connectivity index (χ1v) is 9.42. The first kappa shape index (κ1) is 20.0. The van der Waals surface area contributed by atoms with E-state index in [0.29, 0.717) is 11.1 Å². The van der Waals surface area contributed by atoms with Gasteiger partial charge in [0.2, 0.25) is 0 Å². The van der Waals surface area contributed by atoms with Crippen LogP contribution in [0.25, 0.3) is 5.76 Å². The van der Waals surface area contributed by atoms with E-state index in [4.69, 9.17) is 0 Å². The number of hydrogen-bond donors (Lipinski definition) is 1. The van der Waals surface area contributed by atoms with Gasteiger partial charge in [-0.2, -0.15) is 0 Å². The predicted molar refractivity (Wildman–Crippen MR) is 113 cm³/mol. The quantitative estimate of drug-likeness (QED) is 0.227. The van der Waals surface area contributed by atoms with Crippen molar-refractivity contribution in [3.05, 3.63) is 105 Å². The van der Waals surface area contributed by atoms with E-state index in [2.05, 4.69) is 4.98 Å². The van der Waals surface area contributed by atoms with Crippen molar-refractivity contribution >= 4 is 29.0 Å². The highest BCUT2D eigenvalue weighted by atomic mass is 16.6. The molecule has 4 rings (SSSR count). The first-order chi connectivity index (χ1) is 14.9. The van der Waals surface area contributed by atoms with Crippen LogP contribution < -0.4 is 4.90 Å². The molecule has 1 fully saturated rings. The minimum absolute atomic E-state index is 0.103. The topological polar surface area (TPSA) is 114 Å². The Kier molecular flexibility index (Phi) is 5.04. The number of rotatable bonds is 4. The lowest BCUT2D eigenvalue weighted by atomic mass is 9.95. The summed E-state index contributed by atoms with van der Waals surface area (Å²) in [6, 6.07) is 16.3. The summed E-state index contributed by atoms with van der Waals surface area (Å²) in [7, 11) is 0. The summed E-state index contributed by atoms with van der Waals surface area (Å²) < 4.78 is 0. The molecule has 1 saturated heterocycles. The third kappa shape index (κ3) is 3.55. The number of aromatic nitrogens is 1. The second kappa shape index (κ2) is 7.83. The van der Waals surface area contributed by atoms with E-state index >= 15 is 0 Å². The molecule has 1 N–H and O–H groups in total. The fraction of sp³-hybridized carbons (Fsp3) is 0.0870. The SMILES string of the molecule is Cc1ccc(/C(O)=C2\C(=O)C(=O)N(c3ccccn3)[C@H]2c2ccc([N+](=O)[O-])cc2)cc1. The van der Waals surface area contributed by atoms with Gasteiger partial charge in [-0.15, -0.1) is 0 Å². The number of aryl methyl sites for hydroxylation is 1. The van der Waals surface area contributed by atoms with Crippen LogP contribution in [0.5, 0.6) is 0 Å². The molecule has 1 atom stereocenters. The zero-order valence-electron chi connectivity index (χ0n) is 16.4. The molecule has 0 radical (unpaired) electrons. The van der Waals surface area contributed by atoms with Gasteiger partial charge in [-0.25, -0.2) is 4.98 Å². The zero-order valence-corrected chi connectivity index (χ0v) is 16.4. The van der Waals surface area contributed by atoms with Gasteiger partial charge in [-0.05, 0) is 36.8 Å². The van der Waals surface area contributed by atoms with Crippen molar-refractivity contribution in [1.29, 1.82) is 0 Å². The monoisotopic (exact) mass is 415 g/mol. The zero-order chi connectivity index (χ0) is 22.1. The summed E-state index contributed by atoms with van der Waals surface area (Å²) in [6.07, 6.45) is 1.49. The second-order valence-corrected chi connectivity index (χ2v) is 7.07. The highest BCUT2D eigenvalue weighted by molar-refractivity contribution is 6.51. The van der Waals surface area contributed by atoms with Crippen molar-refractivity contribution in [2.45, 2.75) is 13.0 Å². The van der Waals surface area contributed by atoms with Crippen LogP contribution in [0.1, 0.15) is 22.7 Å². The molecular weight excluding hydrogens is 398 g/mol. The summed E-state index contributed by atoms with van der Waals surface area (Å²) in [5, 5.41) is 22.0. The Bertz CT molecular complexity index is 1200. The number of aliphatic hydroxyl groups excluding tert-OH is 1. The van der Waals surface area contributed by atoms with Crippen LogP contribution in [0.15, 0.2) is 78.5 Å². The fourth-order valence-electron chi connectivity index (χ4n) is 3.53. The first-order valence-electron chi connectivity index (χ1n) is 9.42. The van der Waals surface area contributed by atoms with Gasteiger partial charge in [0, 0.05) is 23.9 Å². The molecule has 31 heavy (non-hydrogen) atoms. The van der Waals surface area contributed by atoms with Crippen LogP contribution in [-0.2, 0) is 9.59 Å². The Labute approximate surface area is 177 Å². The summed E-state index contributed by atoms with van der Waals surface area (Å²) in [6.45, 7) is 1.89. The molecule has 2 heterocycles. The summed E-state index contributed by atoms with van der Waals surface area (Å²) >= 11 is 0. The molecule has 0 bridgehead atoms. The van der Waals surface area contributed by atoms with Crippen LogP contribution >= 0.6 is 0 Å². The van der Waals surface area contributed by atoms with Crippen LogP contribution in [0.2, 0.25) is 0 Å². The lowest BCUT2D eigenvalue weighted by Crippen LogP contribution is -2.30. The van der Waals surface area contributed by atoms with E-state index in [9.17, 15) is 24.8 Å². The molecule has 154 valence electrons. The fourth-order valence-corrected chi connectivity index (χ4v) is 3.53. The standard InChI is InChI=1S/C23H17N3O5/c1-14-5-7-16(8-6-14)21(27)19-20(15-9-11-17(12-10-15)26(30)31)25(23(29)22(19)28)18-4-2-3-13-24-18/h2-13,20,27H,1H3/b21-19+/t20-/m0/s1. The largest absolute Gasteiger partial charge is 0.507 e. The van der Waals surface area contributed by atoms with Gasteiger partial charge in [0.1, 0.15) is 11.6 Å². The van der Waals surface area contributed by atoms with Crippen molar-refractivity contribution in [3.63, 3.8) is 0 Å². The number of benzene rings is 2. The number of non-ortho nitro benzene ring substituents is 1. The van der Waals surface area contributed by atoms with E-state index in [-0.39, 0.29) is 22.8 Å². The molecule has 1 aliphatic rings. The maximum Gasteiger partial charge on any atom is 0.301 e. The highest BCUT2D eigenvalue weighted by Crippen LogP contribution is 2.41. The molecule has 2 aromatic carbocycles. The number of Topliss-reactive ketones (excluding diaryl/α,β-unsaturated/α-hetero) is 1. The van der Waals surface area contributed by atoms with E-state index in [0.717, 1.165) is 5.56 Å². The Morgan fingerprint density at radius 3 is 2.29 bits per heavy atom. The van der Waals surface area contributed by atoms with Crippen LogP contribution in [0.3, 0.4) is 0 Å². The van der Waals surface area contributed by atoms with Crippen LogP contribution in [0, 0.1) is 17.0 Å². The Hall–Kier alpha value is -4.33. The van der Waals surface area contributed by atoms with E-state index in [1.54, 1.807) is 42.5 Å². The average molecular weight is 415 g/mol. The second-order valence-electron chi connectivity index (χ2n) is 7.07. The number of carbonyl (C=O) groups excluding carboxylic acids is 2. The van der Waals surface area contributed by atoms with Crippen molar-refractivity contribution < 1.29 is 19.6 Å². The van der Waals surface area contributed by atoms with Gasteiger partial charge in [0.05, 0.1) is 16.5 Å². The maximum atomic E-state index is 13.0. The van der Waals surface area contributed by atoms with Crippen molar-refractivity contribution in [1.82, 2.24) is 4.98 Å². The van der Waals surface area contributed by atoms with Crippen molar-refractivity contribution in [2.24, 2.45) is 0 Å². The molecule has 1 aromatic heterocycles. The average Bonchev–Trinajstić information content (AvgIpc) is 3.05. The molecule has 0 unspecified atom stereocenters. The lowest BCUT2D eigenvalue weighted by molar-refractivity contribution is -0.384. The number of nitro groups is 1. The van der Waals surface area contributed by atoms with Crippen LogP contribution in [-0.4, -0.2) is 26.7 Å². The highest BCUT2D eigenvalue weighted by Gasteiger charge is 2.47. The number of aliphatic hydroxyl groups is 1. The Morgan fingerprint density at radius 1 is 1.03 bits per heavy atom. The van der Waals surface area contributed by atoms with E-state index in [1.165, 1.54) is 35.4 Å². The smallest absolute Gasteiger partial charge is 0.301 e. The van der Waals surface area contributed by atoms with E-state index in [1.807, 2.05) is 6.92 Å². The van der Waals surface area contributed by atoms with Gasteiger partial charge in [0.25, 0.3) is 11.5 Å². The molecular formula is C23H17N3O5. The number of carbonyl (C=O) groups is 2. The Balaban J connectivity index is 1.92. The molecule has 0 spiro atoms. The number of nitrogens with zero attached hydrogens (tertiary/aromatic N) is 3. The Morgan fingerprint density at radius 2 is 1.71 bits per heavy atom. The number of hydrogen-bond acceptors (Lipinski definition) is 6. The third-order valence-corrected chi connectivity index (χ3v) is 5.09.